The summed E-state index contributed by atoms with van der Waals surface area (Å²) in [6.45, 7) is 2.84. The van der Waals surface area contributed by atoms with Crippen molar-refractivity contribution in [1.29, 1.82) is 0 Å². The average molecular weight is 262 g/mol. The first-order valence-corrected chi connectivity index (χ1v) is 6.52. The first-order valence-electron chi connectivity index (χ1n) is 6.52. The Morgan fingerprint density at radius 1 is 1.42 bits per heavy atom. The van der Waals surface area contributed by atoms with Crippen LogP contribution in [-0.4, -0.2) is 43.3 Å². The molecule has 0 aliphatic carbocycles. The molecule has 1 aromatic rings. The molecular weight excluding hydrogens is 244 g/mol. The predicted molar refractivity (Wildman–Crippen MR) is 70.1 cm³/mol. The summed E-state index contributed by atoms with van der Waals surface area (Å²) in [7, 11) is 1.64. The van der Waals surface area contributed by atoms with E-state index in [1.54, 1.807) is 7.11 Å². The SMILES string of the molecule is COc1ccc(CN2C(=O)OCC23CCNC3)cc1. The predicted octanol–water partition coefficient (Wildman–Crippen LogP) is 1.38. The van der Waals surface area contributed by atoms with Crippen molar-refractivity contribution < 1.29 is 14.3 Å². The lowest BCUT2D eigenvalue weighted by Crippen LogP contribution is -2.48. The molecule has 1 aromatic carbocycles. The van der Waals surface area contributed by atoms with Crippen molar-refractivity contribution in [3.05, 3.63) is 29.8 Å². The summed E-state index contributed by atoms with van der Waals surface area (Å²) in [5.41, 5.74) is 0.933. The fraction of sp³-hybridized carbons (Fsp3) is 0.500. The molecule has 1 N–H and O–H groups in total. The van der Waals surface area contributed by atoms with Gasteiger partial charge in [0.2, 0.25) is 0 Å². The molecule has 2 aliphatic heterocycles. The van der Waals surface area contributed by atoms with Gasteiger partial charge in [0.25, 0.3) is 0 Å². The van der Waals surface area contributed by atoms with E-state index in [0.717, 1.165) is 30.8 Å². The van der Waals surface area contributed by atoms with Crippen molar-refractivity contribution in [3.63, 3.8) is 0 Å². The average Bonchev–Trinajstić information content (AvgIpc) is 3.03. The summed E-state index contributed by atoms with van der Waals surface area (Å²) in [5, 5.41) is 3.32. The molecule has 0 saturated carbocycles. The van der Waals surface area contributed by atoms with Crippen molar-refractivity contribution >= 4 is 6.09 Å². The first-order chi connectivity index (χ1) is 9.23. The molecule has 2 aliphatic rings. The van der Waals surface area contributed by atoms with Gasteiger partial charge in [-0.15, -0.1) is 0 Å². The Morgan fingerprint density at radius 2 is 2.21 bits per heavy atom. The molecule has 1 amide bonds. The Labute approximate surface area is 112 Å². The molecule has 1 atom stereocenters. The number of benzene rings is 1. The minimum absolute atomic E-state index is 0.156. The van der Waals surface area contributed by atoms with Gasteiger partial charge in [-0.1, -0.05) is 12.1 Å². The maximum absolute atomic E-state index is 11.9. The van der Waals surface area contributed by atoms with Crippen LogP contribution in [0.1, 0.15) is 12.0 Å². The lowest BCUT2D eigenvalue weighted by Gasteiger charge is -2.30. The second-order valence-corrected chi connectivity index (χ2v) is 5.14. The molecule has 1 unspecified atom stereocenters. The second-order valence-electron chi connectivity index (χ2n) is 5.14. The van der Waals surface area contributed by atoms with E-state index in [-0.39, 0.29) is 11.6 Å². The van der Waals surface area contributed by atoms with Gasteiger partial charge in [-0.25, -0.2) is 4.79 Å². The van der Waals surface area contributed by atoms with E-state index >= 15 is 0 Å². The van der Waals surface area contributed by atoms with Gasteiger partial charge in [-0.3, -0.25) is 4.90 Å². The molecule has 102 valence electrons. The zero-order valence-electron chi connectivity index (χ0n) is 11.0. The molecule has 0 radical (unpaired) electrons. The number of rotatable bonds is 3. The van der Waals surface area contributed by atoms with E-state index in [9.17, 15) is 4.79 Å². The van der Waals surface area contributed by atoms with Crippen molar-refractivity contribution in [2.24, 2.45) is 0 Å². The minimum atomic E-state index is -0.209. The van der Waals surface area contributed by atoms with E-state index in [1.807, 2.05) is 29.2 Å². The first kappa shape index (κ1) is 12.3. The molecule has 1 spiro atoms. The van der Waals surface area contributed by atoms with E-state index < -0.39 is 0 Å². The highest BCUT2D eigenvalue weighted by Gasteiger charge is 2.48. The maximum Gasteiger partial charge on any atom is 0.410 e. The van der Waals surface area contributed by atoms with Crippen LogP contribution in [0.3, 0.4) is 0 Å². The largest absolute Gasteiger partial charge is 0.497 e. The van der Waals surface area contributed by atoms with Gasteiger partial charge in [0.1, 0.15) is 12.4 Å². The molecule has 2 saturated heterocycles. The van der Waals surface area contributed by atoms with Crippen LogP contribution in [0, 0.1) is 0 Å². The molecule has 5 nitrogen and oxygen atoms in total. The maximum atomic E-state index is 11.9. The fourth-order valence-corrected chi connectivity index (χ4v) is 2.78. The van der Waals surface area contributed by atoms with Crippen molar-refractivity contribution in [2.75, 3.05) is 26.8 Å². The number of carbonyl (C=O) groups is 1. The number of ether oxygens (including phenoxy) is 2. The Kier molecular flexibility index (Phi) is 3.06. The summed E-state index contributed by atoms with van der Waals surface area (Å²) >= 11 is 0. The van der Waals surface area contributed by atoms with Gasteiger partial charge in [0, 0.05) is 13.1 Å². The van der Waals surface area contributed by atoms with E-state index in [4.69, 9.17) is 9.47 Å². The third kappa shape index (κ3) is 2.14. The van der Waals surface area contributed by atoms with Gasteiger partial charge < -0.3 is 14.8 Å². The quantitative estimate of drug-likeness (QED) is 0.894. The van der Waals surface area contributed by atoms with Crippen LogP contribution in [0.15, 0.2) is 24.3 Å². The lowest BCUT2D eigenvalue weighted by molar-refractivity contribution is 0.150. The zero-order chi connectivity index (χ0) is 13.3. The van der Waals surface area contributed by atoms with Crippen LogP contribution in [0.25, 0.3) is 0 Å². The summed E-state index contributed by atoms with van der Waals surface area (Å²) < 4.78 is 10.4. The Balaban J connectivity index is 1.78. The summed E-state index contributed by atoms with van der Waals surface area (Å²) in [6, 6.07) is 7.80. The highest BCUT2D eigenvalue weighted by Crippen LogP contribution is 2.31. The van der Waals surface area contributed by atoms with Crippen molar-refractivity contribution in [1.82, 2.24) is 10.2 Å². The van der Waals surface area contributed by atoms with Gasteiger partial charge in [-0.2, -0.15) is 0 Å². The number of hydrogen-bond acceptors (Lipinski definition) is 4. The van der Waals surface area contributed by atoms with Crippen LogP contribution in [0.2, 0.25) is 0 Å². The molecular formula is C14H18N2O3. The molecule has 5 heteroatoms. The monoisotopic (exact) mass is 262 g/mol. The van der Waals surface area contributed by atoms with Gasteiger partial charge in [0.05, 0.1) is 12.6 Å². The summed E-state index contributed by atoms with van der Waals surface area (Å²) in [6.07, 6.45) is 0.744. The molecule has 3 rings (SSSR count). The third-order valence-electron chi connectivity index (χ3n) is 3.98. The topological polar surface area (TPSA) is 50.8 Å². The van der Waals surface area contributed by atoms with E-state index in [2.05, 4.69) is 5.32 Å². The standard InChI is InChI=1S/C14H18N2O3/c1-18-12-4-2-11(3-5-12)8-16-13(17)19-10-14(16)6-7-15-9-14/h2-5,15H,6-10H2,1H3. The molecule has 0 aromatic heterocycles. The highest BCUT2D eigenvalue weighted by molar-refractivity contribution is 5.71. The number of hydrogen-bond donors (Lipinski definition) is 1. The summed E-state index contributed by atoms with van der Waals surface area (Å²) in [5.74, 6) is 0.824. The molecule has 19 heavy (non-hydrogen) atoms. The highest BCUT2D eigenvalue weighted by atomic mass is 16.6. The molecule has 0 bridgehead atoms. The van der Waals surface area contributed by atoms with Crippen LogP contribution < -0.4 is 10.1 Å². The zero-order valence-corrected chi connectivity index (χ0v) is 11.0. The number of nitrogens with one attached hydrogen (secondary N) is 1. The smallest absolute Gasteiger partial charge is 0.410 e. The normalized spacial score (nSPS) is 25.9. The number of carbonyl (C=O) groups excluding carboxylic acids is 1. The molecule has 2 heterocycles. The second kappa shape index (κ2) is 4.74. The Hall–Kier alpha value is -1.75. The van der Waals surface area contributed by atoms with Crippen LogP contribution in [0.4, 0.5) is 4.79 Å². The van der Waals surface area contributed by atoms with Gasteiger partial charge >= 0.3 is 6.09 Å². The number of amides is 1. The lowest BCUT2D eigenvalue weighted by atomic mass is 9.98. The Bertz CT molecular complexity index is 466. The van der Waals surface area contributed by atoms with Crippen LogP contribution >= 0.6 is 0 Å². The van der Waals surface area contributed by atoms with Gasteiger partial charge in [-0.05, 0) is 30.7 Å². The molecule has 2 fully saturated rings. The van der Waals surface area contributed by atoms with E-state index in [0.29, 0.717) is 13.2 Å². The van der Waals surface area contributed by atoms with Crippen molar-refractivity contribution in [2.45, 2.75) is 18.5 Å². The van der Waals surface area contributed by atoms with Crippen molar-refractivity contribution in [3.8, 4) is 5.75 Å². The number of nitrogens with zero attached hydrogens (tertiary/aromatic N) is 1. The van der Waals surface area contributed by atoms with Crippen LogP contribution in [0.5, 0.6) is 5.75 Å². The Morgan fingerprint density at radius 3 is 2.84 bits per heavy atom. The number of methoxy groups -OCH3 is 1. The van der Waals surface area contributed by atoms with E-state index in [1.165, 1.54) is 0 Å². The van der Waals surface area contributed by atoms with Crippen LogP contribution in [-0.2, 0) is 11.3 Å². The summed E-state index contributed by atoms with van der Waals surface area (Å²) in [4.78, 5) is 13.8. The minimum Gasteiger partial charge on any atom is -0.497 e. The fourth-order valence-electron chi connectivity index (χ4n) is 2.78. The number of cyclic esters (lactones) is 1. The van der Waals surface area contributed by atoms with Gasteiger partial charge in [0.15, 0.2) is 0 Å². The third-order valence-corrected chi connectivity index (χ3v) is 3.98.